The Morgan fingerprint density at radius 1 is 1.25 bits per heavy atom. The fourth-order valence-electron chi connectivity index (χ4n) is 2.68. The number of hydrogen-bond acceptors (Lipinski definition) is 1. The molecule has 1 heteroatoms. The zero-order valence-corrected chi connectivity index (χ0v) is 8.85. The molecule has 0 aromatic carbocycles. The Labute approximate surface area is 76.2 Å². The third-order valence-corrected chi connectivity index (χ3v) is 3.22. The summed E-state index contributed by atoms with van der Waals surface area (Å²) < 4.78 is 0. The average Bonchev–Trinajstić information content (AvgIpc) is 1.83. The second-order valence-electron chi connectivity index (χ2n) is 5.52. The molecule has 0 amide bonds. The molecule has 1 aliphatic rings. The normalized spacial score (nSPS) is 38.2. The quantitative estimate of drug-likeness (QED) is 0.592. The summed E-state index contributed by atoms with van der Waals surface area (Å²) in [4.78, 5) is 0. The van der Waals surface area contributed by atoms with Gasteiger partial charge >= 0.3 is 0 Å². The van der Waals surface area contributed by atoms with Gasteiger partial charge in [-0.15, -0.1) is 0 Å². The number of aliphatic hydroxyl groups is 1. The van der Waals surface area contributed by atoms with Gasteiger partial charge in [0.15, 0.2) is 0 Å². The Bertz CT molecular complexity index is 153. The molecule has 2 atom stereocenters. The lowest BCUT2D eigenvalue weighted by atomic mass is 9.64. The highest BCUT2D eigenvalue weighted by molar-refractivity contribution is 4.92. The molecule has 0 bridgehead atoms. The summed E-state index contributed by atoms with van der Waals surface area (Å²) >= 11 is 0. The van der Waals surface area contributed by atoms with Crippen LogP contribution < -0.4 is 0 Å². The molecular formula is C11H22O. The molecule has 72 valence electrons. The SMILES string of the molecule is CC(C)(C)[C@@H]1CCCC[C@@]1(C)O. The predicted molar refractivity (Wildman–Crippen MR) is 52.0 cm³/mol. The van der Waals surface area contributed by atoms with Gasteiger partial charge in [-0.2, -0.15) is 0 Å². The lowest BCUT2D eigenvalue weighted by Gasteiger charge is -2.44. The van der Waals surface area contributed by atoms with Gasteiger partial charge in [0.05, 0.1) is 5.60 Å². The monoisotopic (exact) mass is 170 g/mol. The van der Waals surface area contributed by atoms with Crippen molar-refractivity contribution in [2.75, 3.05) is 0 Å². The van der Waals surface area contributed by atoms with E-state index in [0.717, 1.165) is 6.42 Å². The molecule has 0 aromatic rings. The fraction of sp³-hybridized carbons (Fsp3) is 1.00. The van der Waals surface area contributed by atoms with E-state index in [4.69, 9.17) is 0 Å². The van der Waals surface area contributed by atoms with Crippen LogP contribution in [-0.4, -0.2) is 10.7 Å². The van der Waals surface area contributed by atoms with Gasteiger partial charge < -0.3 is 5.11 Å². The molecule has 0 unspecified atom stereocenters. The van der Waals surface area contributed by atoms with E-state index in [-0.39, 0.29) is 5.41 Å². The smallest absolute Gasteiger partial charge is 0.0652 e. The van der Waals surface area contributed by atoms with E-state index in [9.17, 15) is 5.11 Å². The third kappa shape index (κ3) is 2.01. The van der Waals surface area contributed by atoms with Crippen LogP contribution >= 0.6 is 0 Å². The maximum absolute atomic E-state index is 10.2. The Morgan fingerprint density at radius 3 is 2.17 bits per heavy atom. The standard InChI is InChI=1S/C11H22O/c1-10(2,3)9-7-5-6-8-11(9,4)12/h9,12H,5-8H2,1-4H3/t9-,11+/m0/s1. The van der Waals surface area contributed by atoms with Crippen molar-refractivity contribution >= 4 is 0 Å². The Balaban J connectivity index is 2.73. The zero-order chi connectivity index (χ0) is 9.41. The average molecular weight is 170 g/mol. The van der Waals surface area contributed by atoms with Crippen molar-refractivity contribution in [1.82, 2.24) is 0 Å². The van der Waals surface area contributed by atoms with Crippen molar-refractivity contribution in [2.24, 2.45) is 11.3 Å². The van der Waals surface area contributed by atoms with E-state index in [1.54, 1.807) is 0 Å². The van der Waals surface area contributed by atoms with Crippen LogP contribution in [-0.2, 0) is 0 Å². The maximum atomic E-state index is 10.2. The number of rotatable bonds is 0. The van der Waals surface area contributed by atoms with Gasteiger partial charge in [-0.1, -0.05) is 33.6 Å². The van der Waals surface area contributed by atoms with Gasteiger partial charge in [-0.25, -0.2) is 0 Å². The molecule has 0 aromatic heterocycles. The van der Waals surface area contributed by atoms with Crippen LogP contribution in [0.2, 0.25) is 0 Å². The minimum absolute atomic E-state index is 0.254. The molecule has 1 nitrogen and oxygen atoms in total. The molecule has 12 heavy (non-hydrogen) atoms. The van der Waals surface area contributed by atoms with Crippen molar-refractivity contribution in [2.45, 2.75) is 59.0 Å². The summed E-state index contributed by atoms with van der Waals surface area (Å²) in [6, 6.07) is 0. The van der Waals surface area contributed by atoms with Gasteiger partial charge in [0, 0.05) is 0 Å². The van der Waals surface area contributed by atoms with E-state index in [1.807, 2.05) is 6.92 Å². The van der Waals surface area contributed by atoms with Gasteiger partial charge in [0.2, 0.25) is 0 Å². The van der Waals surface area contributed by atoms with Crippen LogP contribution in [0.1, 0.15) is 53.4 Å². The Kier molecular flexibility index (Phi) is 2.53. The summed E-state index contributed by atoms with van der Waals surface area (Å²) in [5.41, 5.74) is -0.166. The summed E-state index contributed by atoms with van der Waals surface area (Å²) in [7, 11) is 0. The first-order valence-electron chi connectivity index (χ1n) is 5.06. The first-order valence-corrected chi connectivity index (χ1v) is 5.06. The van der Waals surface area contributed by atoms with E-state index >= 15 is 0 Å². The van der Waals surface area contributed by atoms with Crippen molar-refractivity contribution in [1.29, 1.82) is 0 Å². The Morgan fingerprint density at radius 2 is 1.83 bits per heavy atom. The Hall–Kier alpha value is -0.0400. The molecule has 0 radical (unpaired) electrons. The first kappa shape index (κ1) is 10.0. The van der Waals surface area contributed by atoms with Crippen LogP contribution in [0, 0.1) is 11.3 Å². The molecule has 1 aliphatic carbocycles. The molecular weight excluding hydrogens is 148 g/mol. The summed E-state index contributed by atoms with van der Waals surface area (Å²) in [5.74, 6) is 0.471. The topological polar surface area (TPSA) is 20.2 Å². The second kappa shape index (κ2) is 3.02. The zero-order valence-electron chi connectivity index (χ0n) is 8.85. The van der Waals surface area contributed by atoms with E-state index in [0.29, 0.717) is 5.92 Å². The van der Waals surface area contributed by atoms with Crippen molar-refractivity contribution < 1.29 is 5.11 Å². The maximum Gasteiger partial charge on any atom is 0.0652 e. The number of hydrogen-bond donors (Lipinski definition) is 1. The largest absolute Gasteiger partial charge is 0.390 e. The van der Waals surface area contributed by atoms with Gasteiger partial charge in [0.25, 0.3) is 0 Å². The first-order chi connectivity index (χ1) is 5.34. The summed E-state index contributed by atoms with van der Waals surface area (Å²) in [6.45, 7) is 8.70. The predicted octanol–water partition coefficient (Wildman–Crippen LogP) is 2.97. The minimum Gasteiger partial charge on any atom is -0.390 e. The molecule has 0 saturated heterocycles. The van der Waals surface area contributed by atoms with Crippen LogP contribution in [0.15, 0.2) is 0 Å². The van der Waals surface area contributed by atoms with Crippen LogP contribution in [0.4, 0.5) is 0 Å². The highest BCUT2D eigenvalue weighted by Gasteiger charge is 2.41. The van der Waals surface area contributed by atoms with Gasteiger partial charge in [-0.3, -0.25) is 0 Å². The van der Waals surface area contributed by atoms with Gasteiger partial charge in [-0.05, 0) is 31.1 Å². The van der Waals surface area contributed by atoms with Crippen LogP contribution in [0.3, 0.4) is 0 Å². The second-order valence-corrected chi connectivity index (χ2v) is 5.52. The molecule has 1 rings (SSSR count). The van der Waals surface area contributed by atoms with Crippen molar-refractivity contribution in [3.63, 3.8) is 0 Å². The minimum atomic E-state index is -0.420. The third-order valence-electron chi connectivity index (χ3n) is 3.22. The van der Waals surface area contributed by atoms with Crippen molar-refractivity contribution in [3.8, 4) is 0 Å². The molecule has 1 fully saturated rings. The fourth-order valence-corrected chi connectivity index (χ4v) is 2.68. The molecule has 0 aliphatic heterocycles. The van der Waals surface area contributed by atoms with E-state index in [2.05, 4.69) is 20.8 Å². The van der Waals surface area contributed by atoms with Crippen molar-refractivity contribution in [3.05, 3.63) is 0 Å². The molecule has 0 spiro atoms. The van der Waals surface area contributed by atoms with E-state index in [1.165, 1.54) is 19.3 Å². The molecule has 1 N–H and O–H groups in total. The lowest BCUT2D eigenvalue weighted by Crippen LogP contribution is -2.44. The molecule has 1 saturated carbocycles. The van der Waals surface area contributed by atoms with Crippen LogP contribution in [0.25, 0.3) is 0 Å². The summed E-state index contributed by atoms with van der Waals surface area (Å²) in [6.07, 6.45) is 4.66. The van der Waals surface area contributed by atoms with E-state index < -0.39 is 5.60 Å². The highest BCUT2D eigenvalue weighted by atomic mass is 16.3. The highest BCUT2D eigenvalue weighted by Crippen LogP contribution is 2.43. The molecule has 0 heterocycles. The lowest BCUT2D eigenvalue weighted by molar-refractivity contribution is -0.0752. The van der Waals surface area contributed by atoms with Crippen LogP contribution in [0.5, 0.6) is 0 Å². The summed E-state index contributed by atoms with van der Waals surface area (Å²) in [5, 5.41) is 10.2. The van der Waals surface area contributed by atoms with Gasteiger partial charge in [0.1, 0.15) is 0 Å².